The minimum Gasteiger partial charge on any atom is -0.490 e. The maximum absolute atomic E-state index is 12.0. The zero-order chi connectivity index (χ0) is 30.4. The van der Waals surface area contributed by atoms with Crippen molar-refractivity contribution < 1.29 is 32.5 Å². The monoisotopic (exact) mass is 632 g/mol. The van der Waals surface area contributed by atoms with Gasteiger partial charge in [0.05, 0.1) is 49.0 Å². The quantitative estimate of drug-likeness (QED) is 0.431. The van der Waals surface area contributed by atoms with Crippen molar-refractivity contribution in [3.63, 3.8) is 0 Å². The molecule has 6 atom stereocenters. The number of anilines is 1. The van der Waals surface area contributed by atoms with E-state index in [0.29, 0.717) is 37.2 Å². The van der Waals surface area contributed by atoms with Gasteiger partial charge < -0.3 is 24.2 Å². The molecule has 0 unspecified atom stereocenters. The van der Waals surface area contributed by atoms with Crippen molar-refractivity contribution in [2.75, 3.05) is 43.6 Å². The Kier molecular flexibility index (Phi) is 8.69. The SMILES string of the molecule is C[C@@H]1CO[C@@H]([C@@H]2CC[C@H]2CN2C[C@@]3(CCCc4cc(Cl)ccc43)COc3ccc(C(=O)O)cc32)C[C@H]1OCCS(N)(=O)=O. The van der Waals surface area contributed by atoms with Gasteiger partial charge in [-0.25, -0.2) is 18.4 Å². The molecule has 2 heterocycles. The van der Waals surface area contributed by atoms with Crippen molar-refractivity contribution in [1.29, 1.82) is 0 Å². The highest BCUT2D eigenvalue weighted by Crippen LogP contribution is 2.47. The predicted octanol–water partition coefficient (Wildman–Crippen LogP) is 4.64. The fourth-order valence-electron chi connectivity index (χ4n) is 7.60. The van der Waals surface area contributed by atoms with E-state index in [2.05, 4.69) is 24.0 Å². The summed E-state index contributed by atoms with van der Waals surface area (Å²) in [6.07, 6.45) is 5.76. The Morgan fingerprint density at radius 3 is 2.81 bits per heavy atom. The molecular weight excluding hydrogens is 592 g/mol. The van der Waals surface area contributed by atoms with E-state index in [1.54, 1.807) is 18.2 Å². The summed E-state index contributed by atoms with van der Waals surface area (Å²) < 4.78 is 41.6. The molecule has 2 fully saturated rings. The van der Waals surface area contributed by atoms with Gasteiger partial charge in [0.25, 0.3) is 0 Å². The van der Waals surface area contributed by atoms with Crippen LogP contribution in [0.5, 0.6) is 5.75 Å². The van der Waals surface area contributed by atoms with E-state index < -0.39 is 16.0 Å². The average molecular weight is 633 g/mol. The van der Waals surface area contributed by atoms with Crippen molar-refractivity contribution in [2.45, 2.75) is 63.1 Å². The van der Waals surface area contributed by atoms with Crippen LogP contribution in [0, 0.1) is 17.8 Å². The first kappa shape index (κ1) is 30.6. The van der Waals surface area contributed by atoms with Crippen molar-refractivity contribution in [1.82, 2.24) is 0 Å². The highest BCUT2D eigenvalue weighted by Gasteiger charge is 2.46. The summed E-state index contributed by atoms with van der Waals surface area (Å²) in [7, 11) is -3.57. The average Bonchev–Trinajstić information content (AvgIpc) is 3.09. The normalized spacial score (nSPS) is 30.5. The van der Waals surface area contributed by atoms with E-state index in [0.717, 1.165) is 55.9 Å². The summed E-state index contributed by atoms with van der Waals surface area (Å²) in [6, 6.07) is 11.4. The molecule has 0 amide bonds. The smallest absolute Gasteiger partial charge is 0.335 e. The van der Waals surface area contributed by atoms with Gasteiger partial charge in [-0.05, 0) is 85.4 Å². The number of aryl methyl sites for hydroxylation is 1. The Morgan fingerprint density at radius 2 is 2.07 bits per heavy atom. The molecule has 2 aliphatic heterocycles. The fraction of sp³-hybridized carbons (Fsp3) is 0.594. The van der Waals surface area contributed by atoms with Gasteiger partial charge in [-0.3, -0.25) is 0 Å². The van der Waals surface area contributed by atoms with Crippen LogP contribution in [0.3, 0.4) is 0 Å². The summed E-state index contributed by atoms with van der Waals surface area (Å²) in [6.45, 7) is 4.73. The third kappa shape index (κ3) is 6.54. The highest BCUT2D eigenvalue weighted by atomic mass is 35.5. The number of primary sulfonamides is 1. The van der Waals surface area contributed by atoms with Crippen LogP contribution < -0.4 is 14.8 Å². The van der Waals surface area contributed by atoms with Gasteiger partial charge >= 0.3 is 5.97 Å². The number of hydrogen-bond acceptors (Lipinski definition) is 7. The second-order valence-corrected chi connectivity index (χ2v) is 15.1. The molecule has 1 spiro atoms. The van der Waals surface area contributed by atoms with Gasteiger partial charge in [0.15, 0.2) is 0 Å². The molecule has 2 aliphatic carbocycles. The number of rotatable bonds is 8. The van der Waals surface area contributed by atoms with Crippen LogP contribution in [0.4, 0.5) is 5.69 Å². The molecule has 0 aromatic heterocycles. The van der Waals surface area contributed by atoms with Crippen molar-refractivity contribution >= 4 is 33.3 Å². The van der Waals surface area contributed by atoms with Gasteiger partial charge in [-0.1, -0.05) is 24.6 Å². The molecular formula is C32H41ClN2O7S. The summed E-state index contributed by atoms with van der Waals surface area (Å²) in [5.74, 6) is 0.413. The number of hydrogen-bond donors (Lipinski definition) is 2. The lowest BCUT2D eigenvalue weighted by Crippen LogP contribution is -2.51. The number of ether oxygens (including phenoxy) is 3. The maximum atomic E-state index is 12.0. The zero-order valence-corrected chi connectivity index (χ0v) is 26.1. The lowest BCUT2D eigenvalue weighted by molar-refractivity contribution is -0.139. The van der Waals surface area contributed by atoms with E-state index in [4.69, 9.17) is 31.0 Å². The minimum absolute atomic E-state index is 0.0222. The number of nitrogens with zero attached hydrogens (tertiary/aromatic N) is 1. The molecule has 1 saturated heterocycles. The minimum atomic E-state index is -3.57. The largest absolute Gasteiger partial charge is 0.490 e. The fourth-order valence-corrected chi connectivity index (χ4v) is 8.12. The summed E-state index contributed by atoms with van der Waals surface area (Å²) in [5.41, 5.74) is 3.37. The number of nitrogens with two attached hydrogens (primary N) is 1. The number of halogens is 1. The summed E-state index contributed by atoms with van der Waals surface area (Å²) >= 11 is 6.39. The standard InChI is InChI=1S/C32H41ClN2O7S/c1-20-17-41-30(15-29(20)40-11-12-43(34,38)39)25-7-4-23(25)16-35-18-32(10-2-3-21-13-24(33)6-8-26(21)32)19-42-28-9-5-22(31(36)37)14-27(28)35/h5-6,8-9,13-14,20,23,25,29-30H,2-4,7,10-12,15-19H2,1H3,(H,36,37)(H2,34,38,39)/t20-,23+,25-,29-,30-,32+/m1/s1. The maximum Gasteiger partial charge on any atom is 0.335 e. The number of carboxylic acid groups (broad SMARTS) is 1. The first-order valence-corrected chi connectivity index (χ1v) is 17.4. The lowest BCUT2D eigenvalue weighted by Gasteiger charge is -2.48. The molecule has 0 bridgehead atoms. The molecule has 0 radical (unpaired) electrons. The van der Waals surface area contributed by atoms with Crippen LogP contribution in [0.1, 0.15) is 60.5 Å². The van der Waals surface area contributed by atoms with Crippen LogP contribution in [0.2, 0.25) is 5.02 Å². The number of sulfonamides is 1. The zero-order valence-electron chi connectivity index (χ0n) is 24.5. The molecule has 3 N–H and O–H groups in total. The van der Waals surface area contributed by atoms with E-state index >= 15 is 0 Å². The van der Waals surface area contributed by atoms with Crippen molar-refractivity contribution in [3.8, 4) is 5.75 Å². The second-order valence-electron chi connectivity index (χ2n) is 13.0. The van der Waals surface area contributed by atoms with Gasteiger partial charge in [0.2, 0.25) is 10.0 Å². The topological polar surface area (TPSA) is 128 Å². The molecule has 43 heavy (non-hydrogen) atoms. The number of aromatic carboxylic acids is 1. The first-order chi connectivity index (χ1) is 20.5. The molecule has 9 nitrogen and oxygen atoms in total. The number of fused-ring (bicyclic) bond motifs is 3. The third-order valence-corrected chi connectivity index (χ3v) is 11.0. The molecule has 4 aliphatic rings. The Bertz CT molecular complexity index is 1470. The van der Waals surface area contributed by atoms with Crippen molar-refractivity contribution in [3.05, 3.63) is 58.1 Å². The van der Waals surface area contributed by atoms with Crippen LogP contribution in [0.15, 0.2) is 36.4 Å². The first-order valence-electron chi connectivity index (χ1n) is 15.3. The molecule has 234 valence electrons. The Balaban J connectivity index is 1.24. The van der Waals surface area contributed by atoms with Gasteiger partial charge in [-0.15, -0.1) is 0 Å². The van der Waals surface area contributed by atoms with Crippen molar-refractivity contribution in [2.24, 2.45) is 22.9 Å². The Hall–Kier alpha value is -2.37. The van der Waals surface area contributed by atoms with Gasteiger partial charge in [0, 0.05) is 35.9 Å². The number of carboxylic acids is 1. The summed E-state index contributed by atoms with van der Waals surface area (Å²) in [5, 5.41) is 15.7. The van der Waals surface area contributed by atoms with Crippen LogP contribution in [0.25, 0.3) is 0 Å². The molecule has 2 aromatic rings. The highest BCUT2D eigenvalue weighted by molar-refractivity contribution is 7.89. The van der Waals surface area contributed by atoms with E-state index in [1.165, 1.54) is 11.1 Å². The molecule has 6 rings (SSSR count). The Morgan fingerprint density at radius 1 is 1.23 bits per heavy atom. The van der Waals surface area contributed by atoms with Crippen LogP contribution in [-0.2, 0) is 31.3 Å². The third-order valence-electron chi connectivity index (χ3n) is 10.1. The van der Waals surface area contributed by atoms with Crippen LogP contribution in [-0.4, -0.2) is 70.4 Å². The number of benzene rings is 2. The predicted molar refractivity (Wildman–Crippen MR) is 165 cm³/mol. The number of carbonyl (C=O) groups is 1. The molecule has 1 saturated carbocycles. The molecule has 11 heteroatoms. The van der Waals surface area contributed by atoms with Gasteiger partial charge in [-0.2, -0.15) is 0 Å². The lowest BCUT2D eigenvalue weighted by atomic mass is 9.67. The second kappa shape index (κ2) is 12.2. The van der Waals surface area contributed by atoms with Gasteiger partial charge in [0.1, 0.15) is 5.75 Å². The summed E-state index contributed by atoms with van der Waals surface area (Å²) in [4.78, 5) is 14.3. The van der Waals surface area contributed by atoms with E-state index in [1.807, 2.05) is 6.07 Å². The van der Waals surface area contributed by atoms with Crippen LogP contribution >= 0.6 is 11.6 Å². The Labute approximate surface area is 258 Å². The van der Waals surface area contributed by atoms with E-state index in [9.17, 15) is 18.3 Å². The van der Waals surface area contributed by atoms with E-state index in [-0.39, 0.29) is 41.5 Å². The molecule has 2 aromatic carbocycles.